The lowest BCUT2D eigenvalue weighted by Gasteiger charge is -2.38. The Balaban J connectivity index is 2.65. The first-order valence-electron chi connectivity index (χ1n) is 5.79. The number of carbonyl (C=O) groups is 1. The number of hydrogen-bond donors (Lipinski definition) is 1. The van der Waals surface area contributed by atoms with Crippen LogP contribution in [0.25, 0.3) is 0 Å². The summed E-state index contributed by atoms with van der Waals surface area (Å²) in [7, 11) is 0. The van der Waals surface area contributed by atoms with E-state index in [2.05, 4.69) is 9.47 Å². The van der Waals surface area contributed by atoms with Crippen molar-refractivity contribution < 1.29 is 36.2 Å². The van der Waals surface area contributed by atoms with Gasteiger partial charge in [-0.25, -0.2) is 13.6 Å². The Hall–Kier alpha value is -1.58. The molecule has 2 rings (SSSR count). The molecular weight excluding hydrogens is 372 g/mol. The van der Waals surface area contributed by atoms with Gasteiger partial charge in [0.25, 0.3) is 0 Å². The lowest BCUT2D eigenvalue weighted by Crippen LogP contribution is -2.53. The number of cyclic esters (lactones) is 1. The van der Waals surface area contributed by atoms with Crippen molar-refractivity contribution in [3.8, 4) is 0 Å². The van der Waals surface area contributed by atoms with Crippen molar-refractivity contribution in [1.82, 2.24) is 0 Å². The molecule has 1 heterocycles. The molecule has 0 radical (unpaired) electrons. The first-order valence-corrected chi connectivity index (χ1v) is 6.54. The van der Waals surface area contributed by atoms with E-state index in [1.54, 1.807) is 0 Å². The Labute approximate surface area is 135 Å². The highest BCUT2D eigenvalue weighted by atomic mass is 35.5. The molecule has 1 aliphatic rings. The quantitative estimate of drug-likeness (QED) is 0.784. The van der Waals surface area contributed by atoms with E-state index < -0.39 is 52.0 Å². The fraction of sp³-hybridized carbons (Fsp3) is 0.250. The molecule has 1 aliphatic heterocycles. The van der Waals surface area contributed by atoms with Crippen molar-refractivity contribution in [2.45, 2.75) is 12.0 Å². The molecule has 0 aliphatic carbocycles. The van der Waals surface area contributed by atoms with Gasteiger partial charge in [0.05, 0.1) is 17.9 Å². The van der Waals surface area contributed by atoms with Gasteiger partial charge in [-0.3, -0.25) is 5.32 Å². The molecule has 0 fully saturated rings. The minimum atomic E-state index is -5.42. The SMILES string of the molecule is O=C1Nc2ccc(F)c(F)c2C(OCC=C(Cl)Cl)(C(F)(F)F)O1. The van der Waals surface area contributed by atoms with Crippen molar-refractivity contribution in [1.29, 1.82) is 0 Å². The maximum atomic E-state index is 14.0. The fourth-order valence-corrected chi connectivity index (χ4v) is 2.02. The summed E-state index contributed by atoms with van der Waals surface area (Å²) in [5.41, 5.74) is -1.98. The molecule has 1 aromatic rings. The van der Waals surface area contributed by atoms with Crippen LogP contribution in [0.1, 0.15) is 5.56 Å². The van der Waals surface area contributed by atoms with E-state index in [1.807, 2.05) is 5.32 Å². The summed E-state index contributed by atoms with van der Waals surface area (Å²) in [5, 5.41) is 1.84. The maximum absolute atomic E-state index is 14.0. The molecule has 1 N–H and O–H groups in total. The van der Waals surface area contributed by atoms with Crippen molar-refractivity contribution in [3.63, 3.8) is 0 Å². The molecule has 0 saturated heterocycles. The Morgan fingerprint density at radius 3 is 2.57 bits per heavy atom. The molecule has 1 aromatic carbocycles. The molecule has 0 bridgehead atoms. The van der Waals surface area contributed by atoms with Crippen LogP contribution < -0.4 is 5.32 Å². The van der Waals surface area contributed by atoms with E-state index >= 15 is 0 Å². The Morgan fingerprint density at radius 1 is 1.35 bits per heavy atom. The van der Waals surface area contributed by atoms with Crippen LogP contribution >= 0.6 is 23.2 Å². The molecule has 126 valence electrons. The van der Waals surface area contributed by atoms with Crippen molar-refractivity contribution >= 4 is 35.0 Å². The number of halogens is 7. The van der Waals surface area contributed by atoms with Crippen molar-refractivity contribution in [2.24, 2.45) is 0 Å². The van der Waals surface area contributed by atoms with Gasteiger partial charge in [-0.15, -0.1) is 0 Å². The van der Waals surface area contributed by atoms with Gasteiger partial charge in [0, 0.05) is 0 Å². The molecule has 0 spiro atoms. The van der Waals surface area contributed by atoms with Crippen LogP contribution in [0.4, 0.5) is 32.4 Å². The highest BCUT2D eigenvalue weighted by Gasteiger charge is 2.65. The summed E-state index contributed by atoms with van der Waals surface area (Å²) in [6.07, 6.45) is -6.16. The third-order valence-corrected chi connectivity index (χ3v) is 3.10. The number of amides is 1. The largest absolute Gasteiger partial charge is 0.460 e. The Kier molecular flexibility index (Phi) is 4.74. The second-order valence-corrected chi connectivity index (χ2v) is 5.23. The highest BCUT2D eigenvalue weighted by Crippen LogP contribution is 2.49. The van der Waals surface area contributed by atoms with E-state index in [1.165, 1.54) is 0 Å². The van der Waals surface area contributed by atoms with Gasteiger partial charge in [-0.2, -0.15) is 13.2 Å². The molecule has 0 aromatic heterocycles. The van der Waals surface area contributed by atoms with Gasteiger partial charge < -0.3 is 9.47 Å². The number of fused-ring (bicyclic) bond motifs is 1. The number of anilines is 1. The van der Waals surface area contributed by atoms with Gasteiger partial charge >= 0.3 is 18.1 Å². The van der Waals surface area contributed by atoms with E-state index in [-0.39, 0.29) is 0 Å². The van der Waals surface area contributed by atoms with Crippen molar-refractivity contribution in [3.05, 3.63) is 39.9 Å². The molecule has 1 atom stereocenters. The monoisotopic (exact) mass is 377 g/mol. The molecule has 1 unspecified atom stereocenters. The standard InChI is InChI=1S/C12H6Cl2F5NO3/c13-7(14)3-4-22-11(12(17,18)19)8-6(20-10(21)23-11)2-1-5(15)9(8)16/h1-3H,4H2,(H,20,21). The summed E-state index contributed by atoms with van der Waals surface area (Å²) >= 11 is 10.5. The van der Waals surface area contributed by atoms with Gasteiger partial charge in [-0.1, -0.05) is 23.2 Å². The highest BCUT2D eigenvalue weighted by molar-refractivity contribution is 6.55. The van der Waals surface area contributed by atoms with Crippen LogP contribution in [0, 0.1) is 11.6 Å². The normalized spacial score (nSPS) is 20.4. The number of benzene rings is 1. The zero-order chi connectivity index (χ0) is 17.4. The predicted molar refractivity (Wildman–Crippen MR) is 69.9 cm³/mol. The Morgan fingerprint density at radius 2 is 2.00 bits per heavy atom. The molecule has 1 amide bonds. The van der Waals surface area contributed by atoms with Crippen LogP contribution in [-0.4, -0.2) is 18.9 Å². The number of ether oxygens (including phenoxy) is 2. The second-order valence-electron chi connectivity index (χ2n) is 4.22. The maximum Gasteiger partial charge on any atom is 0.460 e. The third-order valence-electron chi connectivity index (χ3n) is 2.79. The smallest absolute Gasteiger partial charge is 0.402 e. The van der Waals surface area contributed by atoms with Crippen LogP contribution in [0.3, 0.4) is 0 Å². The summed E-state index contributed by atoms with van der Waals surface area (Å²) in [6.45, 7) is -0.884. The number of rotatable bonds is 3. The summed E-state index contributed by atoms with van der Waals surface area (Å²) < 4.78 is 76.0. The van der Waals surface area contributed by atoms with Crippen LogP contribution in [0.15, 0.2) is 22.7 Å². The second kappa shape index (κ2) is 6.14. The number of carbonyl (C=O) groups excluding carboxylic acids is 1. The van der Waals surface area contributed by atoms with Crippen molar-refractivity contribution in [2.75, 3.05) is 11.9 Å². The molecule has 23 heavy (non-hydrogen) atoms. The van der Waals surface area contributed by atoms with Crippen LogP contribution in [-0.2, 0) is 15.3 Å². The zero-order valence-electron chi connectivity index (χ0n) is 10.8. The lowest BCUT2D eigenvalue weighted by molar-refractivity contribution is -0.369. The average molecular weight is 378 g/mol. The van der Waals surface area contributed by atoms with Crippen LogP contribution in [0.2, 0.25) is 0 Å². The van der Waals surface area contributed by atoms with E-state index in [0.717, 1.165) is 12.1 Å². The molecule has 0 saturated carbocycles. The van der Waals surface area contributed by atoms with E-state index in [0.29, 0.717) is 6.07 Å². The minimum absolute atomic E-state index is 0.428. The molecule has 4 nitrogen and oxygen atoms in total. The number of alkyl halides is 3. The third kappa shape index (κ3) is 3.22. The first-order chi connectivity index (χ1) is 10.6. The van der Waals surface area contributed by atoms with Crippen LogP contribution in [0.5, 0.6) is 0 Å². The number of nitrogens with one attached hydrogen (secondary N) is 1. The predicted octanol–water partition coefficient (Wildman–Crippen LogP) is 4.58. The fourth-order valence-electron chi connectivity index (χ4n) is 1.90. The van der Waals surface area contributed by atoms with Gasteiger partial charge in [0.15, 0.2) is 11.6 Å². The summed E-state index contributed by atoms with van der Waals surface area (Å²) in [4.78, 5) is 11.4. The van der Waals surface area contributed by atoms with E-state index in [4.69, 9.17) is 23.2 Å². The van der Waals surface area contributed by atoms with Gasteiger partial charge in [-0.05, 0) is 18.2 Å². The summed E-state index contributed by atoms with van der Waals surface area (Å²) in [6, 6.07) is 1.30. The lowest BCUT2D eigenvalue weighted by atomic mass is 10.00. The minimum Gasteiger partial charge on any atom is -0.402 e. The topological polar surface area (TPSA) is 47.6 Å². The first kappa shape index (κ1) is 17.8. The summed E-state index contributed by atoms with van der Waals surface area (Å²) in [5.74, 6) is -7.30. The van der Waals surface area contributed by atoms with Gasteiger partial charge in [0.1, 0.15) is 4.49 Å². The van der Waals surface area contributed by atoms with E-state index in [9.17, 15) is 26.7 Å². The Bertz CT molecular complexity index is 675. The average Bonchev–Trinajstić information content (AvgIpc) is 2.40. The van der Waals surface area contributed by atoms with Gasteiger partial charge in [0.2, 0.25) is 0 Å². The zero-order valence-corrected chi connectivity index (χ0v) is 12.3. The molecule has 11 heteroatoms. The molecular formula is C12H6Cl2F5NO3. The number of hydrogen-bond acceptors (Lipinski definition) is 3.